The normalized spacial score (nSPS) is 10.4. The second-order valence-corrected chi connectivity index (χ2v) is 4.83. The van der Waals surface area contributed by atoms with Crippen molar-refractivity contribution >= 4 is 23.2 Å². The largest absolute Gasteiger partial charge is 0.493 e. The fourth-order valence-electron chi connectivity index (χ4n) is 1.70. The van der Waals surface area contributed by atoms with Gasteiger partial charge in [0, 0.05) is 5.88 Å². The van der Waals surface area contributed by atoms with Gasteiger partial charge in [-0.3, -0.25) is 0 Å². The van der Waals surface area contributed by atoms with E-state index in [0.29, 0.717) is 17.4 Å². The summed E-state index contributed by atoms with van der Waals surface area (Å²) in [6, 6.07) is 9.95. The average molecular weight is 315 g/mol. The van der Waals surface area contributed by atoms with E-state index in [1.54, 1.807) is 19.2 Å². The van der Waals surface area contributed by atoms with Crippen molar-refractivity contribution in [1.29, 1.82) is 0 Å². The summed E-state index contributed by atoms with van der Waals surface area (Å²) < 4.78 is 24.0. The van der Waals surface area contributed by atoms with Crippen LogP contribution in [0.15, 0.2) is 36.4 Å². The monoisotopic (exact) mass is 314 g/mol. The smallest absolute Gasteiger partial charge is 0.161 e. The first-order valence-electron chi connectivity index (χ1n) is 5.93. The minimum atomic E-state index is -0.445. The van der Waals surface area contributed by atoms with Gasteiger partial charge < -0.3 is 9.47 Å². The lowest BCUT2D eigenvalue weighted by molar-refractivity contribution is 0.284. The summed E-state index contributed by atoms with van der Waals surface area (Å²) in [5.41, 5.74) is 1.72. The molecule has 5 heteroatoms. The van der Waals surface area contributed by atoms with Crippen molar-refractivity contribution < 1.29 is 13.9 Å². The van der Waals surface area contributed by atoms with Crippen LogP contribution in [0.25, 0.3) is 0 Å². The zero-order valence-electron chi connectivity index (χ0n) is 10.8. The van der Waals surface area contributed by atoms with Crippen LogP contribution in [-0.4, -0.2) is 7.11 Å². The van der Waals surface area contributed by atoms with Crippen LogP contribution in [-0.2, 0) is 12.5 Å². The van der Waals surface area contributed by atoms with Crippen molar-refractivity contribution in [3.8, 4) is 11.5 Å². The number of halogens is 3. The molecule has 2 rings (SSSR count). The van der Waals surface area contributed by atoms with Crippen molar-refractivity contribution in [2.45, 2.75) is 12.5 Å². The SMILES string of the molecule is COc1cc(CCl)ccc1OCc1ccc(F)c(Cl)c1. The Bertz CT molecular complexity index is 602. The van der Waals surface area contributed by atoms with Gasteiger partial charge in [0.2, 0.25) is 0 Å². The molecule has 0 saturated heterocycles. The molecule has 2 nitrogen and oxygen atoms in total. The molecule has 0 unspecified atom stereocenters. The van der Waals surface area contributed by atoms with Gasteiger partial charge in [-0.15, -0.1) is 11.6 Å². The number of methoxy groups -OCH3 is 1. The van der Waals surface area contributed by atoms with E-state index in [9.17, 15) is 4.39 Å². The maximum atomic E-state index is 13.1. The Morgan fingerprint density at radius 1 is 1.05 bits per heavy atom. The topological polar surface area (TPSA) is 18.5 Å². The van der Waals surface area contributed by atoms with Crippen LogP contribution in [0.2, 0.25) is 5.02 Å². The summed E-state index contributed by atoms with van der Waals surface area (Å²) in [6.07, 6.45) is 0. The van der Waals surface area contributed by atoms with Gasteiger partial charge in [0.25, 0.3) is 0 Å². The molecule has 0 radical (unpaired) electrons. The Labute approximate surface area is 127 Å². The second-order valence-electron chi connectivity index (χ2n) is 4.16. The standard InChI is InChI=1S/C15H13Cl2FO2/c1-19-15-7-10(8-16)3-5-14(15)20-9-11-2-4-13(18)12(17)6-11/h2-7H,8-9H2,1H3. The Kier molecular flexibility index (Phi) is 5.10. The Morgan fingerprint density at radius 2 is 1.80 bits per heavy atom. The molecule has 0 amide bonds. The maximum absolute atomic E-state index is 13.1. The molecule has 2 aromatic carbocycles. The molecule has 0 saturated carbocycles. The molecule has 0 N–H and O–H groups in total. The molecule has 0 aliphatic heterocycles. The second kappa shape index (κ2) is 6.82. The first kappa shape index (κ1) is 14.9. The van der Waals surface area contributed by atoms with Gasteiger partial charge in [-0.25, -0.2) is 4.39 Å². The van der Waals surface area contributed by atoms with Gasteiger partial charge in [-0.05, 0) is 35.4 Å². The van der Waals surface area contributed by atoms with Gasteiger partial charge >= 0.3 is 0 Å². The Balaban J connectivity index is 2.12. The van der Waals surface area contributed by atoms with Crippen LogP contribution in [0, 0.1) is 5.82 Å². The van der Waals surface area contributed by atoms with Gasteiger partial charge in [-0.1, -0.05) is 23.7 Å². The summed E-state index contributed by atoms with van der Waals surface area (Å²) >= 11 is 11.5. The van der Waals surface area contributed by atoms with Crippen LogP contribution in [0.5, 0.6) is 11.5 Å². The molecule has 0 spiro atoms. The molecule has 20 heavy (non-hydrogen) atoms. The zero-order valence-corrected chi connectivity index (χ0v) is 12.3. The van der Waals surface area contributed by atoms with Gasteiger partial charge in [0.1, 0.15) is 12.4 Å². The zero-order chi connectivity index (χ0) is 14.5. The van der Waals surface area contributed by atoms with E-state index in [-0.39, 0.29) is 11.6 Å². The quantitative estimate of drug-likeness (QED) is 0.738. The highest BCUT2D eigenvalue weighted by Gasteiger charge is 2.07. The first-order chi connectivity index (χ1) is 9.63. The van der Waals surface area contributed by atoms with E-state index in [4.69, 9.17) is 32.7 Å². The van der Waals surface area contributed by atoms with Crippen LogP contribution >= 0.6 is 23.2 Å². The molecule has 0 heterocycles. The minimum Gasteiger partial charge on any atom is -0.493 e. The predicted molar refractivity (Wildman–Crippen MR) is 78.3 cm³/mol. The highest BCUT2D eigenvalue weighted by Crippen LogP contribution is 2.29. The summed E-state index contributed by atoms with van der Waals surface area (Å²) in [7, 11) is 1.56. The van der Waals surface area contributed by atoms with Crippen molar-refractivity contribution in [3.05, 3.63) is 58.4 Å². The number of hydrogen-bond acceptors (Lipinski definition) is 2. The molecule has 2 aromatic rings. The number of benzene rings is 2. The molecular weight excluding hydrogens is 302 g/mol. The van der Waals surface area contributed by atoms with Crippen LogP contribution in [0.1, 0.15) is 11.1 Å². The summed E-state index contributed by atoms with van der Waals surface area (Å²) in [6.45, 7) is 0.274. The summed E-state index contributed by atoms with van der Waals surface area (Å²) in [5.74, 6) is 1.17. The highest BCUT2D eigenvalue weighted by atomic mass is 35.5. The van der Waals surface area contributed by atoms with E-state index in [0.717, 1.165) is 11.1 Å². The van der Waals surface area contributed by atoms with Crippen molar-refractivity contribution in [2.24, 2.45) is 0 Å². The van der Waals surface area contributed by atoms with E-state index < -0.39 is 5.82 Å². The van der Waals surface area contributed by atoms with E-state index >= 15 is 0 Å². The molecule has 0 bridgehead atoms. The van der Waals surface area contributed by atoms with E-state index in [2.05, 4.69) is 0 Å². The predicted octanol–water partition coefficient (Wildman–Crippen LogP) is 4.81. The van der Waals surface area contributed by atoms with Gasteiger partial charge in [-0.2, -0.15) is 0 Å². The lowest BCUT2D eigenvalue weighted by Gasteiger charge is -2.12. The van der Waals surface area contributed by atoms with Gasteiger partial charge in [0.05, 0.1) is 12.1 Å². The fourth-order valence-corrected chi connectivity index (χ4v) is 2.07. The molecular formula is C15H13Cl2FO2. The Hall–Kier alpha value is -1.45. The molecule has 0 aliphatic rings. The fraction of sp³-hybridized carbons (Fsp3) is 0.200. The highest BCUT2D eigenvalue weighted by molar-refractivity contribution is 6.30. The number of ether oxygens (including phenoxy) is 2. The lowest BCUT2D eigenvalue weighted by Crippen LogP contribution is -1.98. The third-order valence-corrected chi connectivity index (χ3v) is 3.36. The van der Waals surface area contributed by atoms with Crippen molar-refractivity contribution in [2.75, 3.05) is 7.11 Å². The van der Waals surface area contributed by atoms with Crippen molar-refractivity contribution in [1.82, 2.24) is 0 Å². The van der Waals surface area contributed by atoms with E-state index in [1.807, 2.05) is 12.1 Å². The number of rotatable bonds is 5. The number of hydrogen-bond donors (Lipinski definition) is 0. The third-order valence-electron chi connectivity index (χ3n) is 2.76. The minimum absolute atomic E-state index is 0.0792. The van der Waals surface area contributed by atoms with Crippen molar-refractivity contribution in [3.63, 3.8) is 0 Å². The molecule has 106 valence electrons. The maximum Gasteiger partial charge on any atom is 0.161 e. The molecule has 0 aliphatic carbocycles. The molecule has 0 fully saturated rings. The van der Waals surface area contributed by atoms with Gasteiger partial charge in [0.15, 0.2) is 11.5 Å². The van der Waals surface area contributed by atoms with Crippen LogP contribution in [0.4, 0.5) is 4.39 Å². The summed E-state index contributed by atoms with van der Waals surface area (Å²) in [5, 5.41) is 0.0792. The lowest BCUT2D eigenvalue weighted by atomic mass is 10.2. The molecule has 0 atom stereocenters. The first-order valence-corrected chi connectivity index (χ1v) is 6.85. The van der Waals surface area contributed by atoms with Crippen LogP contribution < -0.4 is 9.47 Å². The number of alkyl halides is 1. The molecule has 0 aromatic heterocycles. The summed E-state index contributed by atoms with van der Waals surface area (Å²) in [4.78, 5) is 0. The third kappa shape index (κ3) is 3.56. The van der Waals surface area contributed by atoms with E-state index in [1.165, 1.54) is 12.1 Å². The van der Waals surface area contributed by atoms with Crippen LogP contribution in [0.3, 0.4) is 0 Å². The average Bonchev–Trinajstić information content (AvgIpc) is 2.48. The Morgan fingerprint density at radius 3 is 2.45 bits per heavy atom.